The lowest BCUT2D eigenvalue weighted by molar-refractivity contribution is -0.142. The van der Waals surface area contributed by atoms with Crippen LogP contribution < -0.4 is 27.0 Å². The number of anilines is 3. The van der Waals surface area contributed by atoms with Gasteiger partial charge in [0, 0.05) is 109 Å². The van der Waals surface area contributed by atoms with Crippen LogP contribution in [-0.4, -0.2) is 99.4 Å². The highest BCUT2D eigenvalue weighted by molar-refractivity contribution is 7.22. The third-order valence-corrected chi connectivity index (χ3v) is 14.9. The van der Waals surface area contributed by atoms with Crippen molar-refractivity contribution in [3.05, 3.63) is 100 Å². The van der Waals surface area contributed by atoms with Crippen molar-refractivity contribution in [3.63, 3.8) is 0 Å². The summed E-state index contributed by atoms with van der Waals surface area (Å²) in [5.74, 6) is -4.21. The second-order valence-electron chi connectivity index (χ2n) is 20.1. The van der Waals surface area contributed by atoms with Gasteiger partial charge in [-0.2, -0.15) is 0 Å². The average molecular weight is 1150 g/mol. The maximum absolute atomic E-state index is 12.9. The molecule has 0 aliphatic rings. The monoisotopic (exact) mass is 1150 g/mol. The standard InChI is InChI=1S/C30H37N3O6S.C15H15N3OS.C14H23NO6/c1-18-12-25(33(4)17-18)30(38)32-22-10-11-27-21(14-22)15-24(40-27)16-26(35)20(3)31-29(37)19(2)13-23(34)8-6-7-9-28(36)39-5;1-9-5-12(18(2)8-9)15(19)17-11-3-4-13-10(6-11)7-14(16)20-13;1-9(13(18)15-10(2)14(19)20)8-11(16)6-4-5-7-12(17)21-3/h10-12,14-15,17,19-20H,6-9,13,16H2,1-5H3,(H,31,37)(H,32,38);3-8H,16H2,1-2H3,(H,17,19);9-10H,4-8H2,1-3H3,(H,15,18)(H,19,20)/t19-,20+;;9-,10+/m1.1/s1. The van der Waals surface area contributed by atoms with E-state index in [2.05, 4.69) is 30.7 Å². The van der Waals surface area contributed by atoms with Crippen molar-refractivity contribution in [3.8, 4) is 0 Å². The van der Waals surface area contributed by atoms with Gasteiger partial charge in [0.1, 0.15) is 29.0 Å². The van der Waals surface area contributed by atoms with Crippen LogP contribution in [0.5, 0.6) is 0 Å². The van der Waals surface area contributed by atoms with Crippen LogP contribution in [0.1, 0.15) is 129 Å². The molecule has 4 heterocycles. The SMILES string of the molecule is COC(=O)CCCCC(=O)C[C@@H](C)C(=O)N[C@@H](C)C(=O)Cc1cc2cc(NC(=O)c3cc(C)cn3C)ccc2s1.COC(=O)CCCCC(=O)C[C@@H](C)C(=O)N[C@@H](C)C(=O)O.Cc1cc(C(=O)Nc2ccc3sc(N)cc3c2)n(C)c1. The molecule has 0 fully saturated rings. The van der Waals surface area contributed by atoms with Crippen LogP contribution in [0.25, 0.3) is 20.2 Å². The molecule has 436 valence electrons. The van der Waals surface area contributed by atoms with Gasteiger partial charge in [0.05, 0.1) is 25.3 Å². The molecule has 4 aromatic heterocycles. The zero-order valence-corrected chi connectivity index (χ0v) is 49.3. The van der Waals surface area contributed by atoms with Gasteiger partial charge in [-0.15, -0.1) is 22.7 Å². The molecule has 0 radical (unpaired) electrons. The van der Waals surface area contributed by atoms with Gasteiger partial charge >= 0.3 is 17.9 Å². The number of unbranched alkanes of at least 4 members (excludes halogenated alkanes) is 2. The van der Waals surface area contributed by atoms with E-state index in [4.69, 9.17) is 10.8 Å². The van der Waals surface area contributed by atoms with Gasteiger partial charge in [-0.25, -0.2) is 0 Å². The number of thiophene rings is 2. The lowest BCUT2D eigenvalue weighted by Crippen LogP contribution is -2.42. The summed E-state index contributed by atoms with van der Waals surface area (Å²) < 4.78 is 14.8. The number of Topliss-reactive ketones (excluding diaryl/α,β-unsaturated/α-hetero) is 3. The zero-order valence-electron chi connectivity index (χ0n) is 47.7. The van der Waals surface area contributed by atoms with E-state index in [0.29, 0.717) is 55.6 Å². The summed E-state index contributed by atoms with van der Waals surface area (Å²) >= 11 is 3.04. The van der Waals surface area contributed by atoms with Crippen LogP contribution in [-0.2, 0) is 68.3 Å². The van der Waals surface area contributed by atoms with Gasteiger partial charge in [-0.3, -0.25) is 47.9 Å². The minimum Gasteiger partial charge on any atom is -0.480 e. The Morgan fingerprint density at radius 3 is 1.42 bits per heavy atom. The maximum atomic E-state index is 12.9. The number of nitrogens with one attached hydrogen (secondary N) is 4. The summed E-state index contributed by atoms with van der Waals surface area (Å²) in [5.41, 5.74) is 10.5. The van der Waals surface area contributed by atoms with Crippen molar-refractivity contribution >= 4 is 118 Å². The number of aromatic nitrogens is 2. The number of carbonyl (C=O) groups excluding carboxylic acids is 9. The molecule has 81 heavy (non-hydrogen) atoms. The molecule has 0 aliphatic carbocycles. The topological polar surface area (TPSA) is 293 Å². The molecule has 0 saturated heterocycles. The number of benzene rings is 2. The van der Waals surface area contributed by atoms with Crippen LogP contribution in [0.4, 0.5) is 16.4 Å². The summed E-state index contributed by atoms with van der Waals surface area (Å²) in [6, 6.07) is 17.3. The Morgan fingerprint density at radius 1 is 0.580 bits per heavy atom. The molecule has 6 rings (SSSR count). The Bertz CT molecular complexity index is 3220. The molecule has 22 heteroatoms. The number of ether oxygens (including phenoxy) is 2. The second-order valence-corrected chi connectivity index (χ2v) is 22.4. The summed E-state index contributed by atoms with van der Waals surface area (Å²) in [4.78, 5) is 119. The lowest BCUT2D eigenvalue weighted by atomic mass is 9.99. The largest absolute Gasteiger partial charge is 0.480 e. The van der Waals surface area contributed by atoms with E-state index in [0.717, 1.165) is 46.9 Å². The molecule has 20 nitrogen and oxygen atoms in total. The minimum absolute atomic E-state index is 0.0499. The fourth-order valence-electron chi connectivity index (χ4n) is 8.34. The minimum atomic E-state index is -1.12. The molecular formula is C59H75N7O13S2. The van der Waals surface area contributed by atoms with E-state index in [1.165, 1.54) is 32.5 Å². The van der Waals surface area contributed by atoms with Crippen molar-refractivity contribution in [1.82, 2.24) is 19.8 Å². The highest BCUT2D eigenvalue weighted by atomic mass is 32.1. The number of nitrogens with zero attached hydrogens (tertiary/aromatic N) is 2. The normalized spacial score (nSPS) is 12.3. The number of fused-ring (bicyclic) bond motifs is 2. The number of amides is 4. The summed E-state index contributed by atoms with van der Waals surface area (Å²) in [6.07, 6.45) is 7.52. The number of esters is 2. The third kappa shape index (κ3) is 21.5. The number of nitrogens with two attached hydrogens (primary N) is 1. The predicted octanol–water partition coefficient (Wildman–Crippen LogP) is 9.03. The van der Waals surface area contributed by atoms with Crippen molar-refractivity contribution in [1.29, 1.82) is 0 Å². The van der Waals surface area contributed by atoms with Crippen LogP contribution >= 0.6 is 22.7 Å². The molecule has 0 aliphatic heterocycles. The smallest absolute Gasteiger partial charge is 0.325 e. The van der Waals surface area contributed by atoms with Crippen molar-refractivity contribution in [2.45, 2.75) is 124 Å². The van der Waals surface area contributed by atoms with E-state index in [1.807, 2.05) is 106 Å². The van der Waals surface area contributed by atoms with Gasteiger partial charge in [-0.1, -0.05) is 13.8 Å². The average Bonchev–Trinajstić information content (AvgIpc) is 4.29. The Morgan fingerprint density at radius 2 is 1.00 bits per heavy atom. The Kier molecular flexibility index (Phi) is 25.7. The first-order valence-corrected chi connectivity index (χ1v) is 28.1. The molecule has 7 N–H and O–H groups in total. The zero-order chi connectivity index (χ0) is 60.1. The highest BCUT2D eigenvalue weighted by Gasteiger charge is 2.24. The summed E-state index contributed by atoms with van der Waals surface area (Å²) in [7, 11) is 6.33. The van der Waals surface area contributed by atoms with Crippen LogP contribution in [0, 0.1) is 25.7 Å². The van der Waals surface area contributed by atoms with Crippen molar-refractivity contribution < 1.29 is 62.5 Å². The number of aryl methyl sites for hydroxylation is 4. The number of rotatable bonds is 26. The molecule has 2 aromatic carbocycles. The molecule has 0 spiro atoms. The third-order valence-electron chi connectivity index (χ3n) is 12.9. The van der Waals surface area contributed by atoms with Gasteiger partial charge in [-0.05, 0) is 136 Å². The van der Waals surface area contributed by atoms with E-state index in [9.17, 15) is 47.9 Å². The Labute approximate surface area is 479 Å². The number of carboxylic acid groups (broad SMARTS) is 1. The van der Waals surface area contributed by atoms with Crippen LogP contribution in [0.3, 0.4) is 0 Å². The fourth-order valence-corrected chi connectivity index (χ4v) is 10.2. The molecule has 4 amide bonds. The second kappa shape index (κ2) is 31.7. The van der Waals surface area contributed by atoms with Crippen molar-refractivity contribution in [2.24, 2.45) is 25.9 Å². The van der Waals surface area contributed by atoms with E-state index in [-0.39, 0.29) is 79.1 Å². The Hall–Kier alpha value is -7.98. The number of carbonyl (C=O) groups is 10. The van der Waals surface area contributed by atoms with Gasteiger partial charge in [0.25, 0.3) is 11.8 Å². The van der Waals surface area contributed by atoms with Crippen LogP contribution in [0.2, 0.25) is 0 Å². The molecule has 0 unspecified atom stereocenters. The first kappa shape index (κ1) is 65.5. The van der Waals surface area contributed by atoms with E-state index < -0.39 is 35.8 Å². The quantitative estimate of drug-likeness (QED) is 0.0218. The first-order chi connectivity index (χ1) is 38.3. The maximum Gasteiger partial charge on any atom is 0.325 e. The number of hydrogen-bond donors (Lipinski definition) is 6. The number of nitrogen functional groups attached to an aromatic ring is 1. The Balaban J connectivity index is 0.000000289. The number of ketones is 3. The number of carboxylic acids is 1. The van der Waals surface area contributed by atoms with Crippen LogP contribution in [0.15, 0.2) is 73.1 Å². The molecule has 4 atom stereocenters. The number of aliphatic carboxylic acids is 1. The first-order valence-electron chi connectivity index (χ1n) is 26.5. The molecular weight excluding hydrogens is 1080 g/mol. The van der Waals surface area contributed by atoms with Gasteiger partial charge in [0.2, 0.25) is 11.8 Å². The molecule has 0 saturated carbocycles. The van der Waals surface area contributed by atoms with E-state index >= 15 is 0 Å². The highest BCUT2D eigenvalue weighted by Crippen LogP contribution is 2.31. The lowest BCUT2D eigenvalue weighted by Gasteiger charge is -2.16. The van der Waals surface area contributed by atoms with Crippen molar-refractivity contribution in [2.75, 3.05) is 30.6 Å². The summed E-state index contributed by atoms with van der Waals surface area (Å²) in [5, 5.41) is 22.3. The number of methoxy groups -OCH3 is 2. The predicted molar refractivity (Wildman–Crippen MR) is 314 cm³/mol. The number of hydrogen-bond acceptors (Lipinski definition) is 15. The fraction of sp³-hybridized carbons (Fsp3) is 0.424. The summed E-state index contributed by atoms with van der Waals surface area (Å²) in [6.45, 7) is 10.2. The van der Waals surface area contributed by atoms with E-state index in [1.54, 1.807) is 36.7 Å². The van der Waals surface area contributed by atoms with Gasteiger partial charge in [0.15, 0.2) is 5.78 Å². The molecule has 0 bridgehead atoms. The van der Waals surface area contributed by atoms with Gasteiger partial charge < -0.3 is 50.7 Å². The molecule has 6 aromatic rings.